The minimum Gasteiger partial charge on any atom is -0.306 e. The van der Waals surface area contributed by atoms with E-state index in [4.69, 9.17) is 0 Å². The highest BCUT2D eigenvalue weighted by Gasteiger charge is 2.23. The maximum Gasteiger partial charge on any atom is 0.251 e. The van der Waals surface area contributed by atoms with Crippen LogP contribution < -0.4 is 5.32 Å². The number of aromatic nitrogens is 1. The molecule has 1 atom stereocenters. The molecule has 2 rings (SSSR count). The quantitative estimate of drug-likeness (QED) is 0.907. The van der Waals surface area contributed by atoms with Crippen molar-refractivity contribution in [3.8, 4) is 0 Å². The lowest BCUT2D eigenvalue weighted by Crippen LogP contribution is -2.47. The van der Waals surface area contributed by atoms with E-state index in [2.05, 4.69) is 16.9 Å². The van der Waals surface area contributed by atoms with Crippen LogP contribution in [0.4, 0.5) is 8.78 Å². The van der Waals surface area contributed by atoms with E-state index >= 15 is 0 Å². The molecule has 5 heteroatoms. The molecule has 0 aliphatic carbocycles. The summed E-state index contributed by atoms with van der Waals surface area (Å²) in [6.07, 6.45) is -0.514. The van der Waals surface area contributed by atoms with Gasteiger partial charge in [0.15, 0.2) is 0 Å². The standard InChI is InChI=1S/C14H19F2N3/c1-3-11-4-5-12(18-10(11)2)13-8-19(7-6-17-13)9-14(15)16/h3-5,13-14,17H,1,6-9H2,2H3. The highest BCUT2D eigenvalue weighted by molar-refractivity contribution is 5.49. The van der Waals surface area contributed by atoms with Crippen LogP contribution in [0.15, 0.2) is 18.7 Å². The molecule has 1 aliphatic heterocycles. The maximum absolute atomic E-state index is 12.4. The molecule has 0 spiro atoms. The first-order valence-corrected chi connectivity index (χ1v) is 6.44. The maximum atomic E-state index is 12.4. The molecule has 1 aromatic rings. The number of rotatable bonds is 4. The first-order valence-electron chi connectivity index (χ1n) is 6.44. The summed E-state index contributed by atoms with van der Waals surface area (Å²) >= 11 is 0. The second-order valence-electron chi connectivity index (χ2n) is 4.77. The Bertz CT molecular complexity index is 448. The van der Waals surface area contributed by atoms with Crippen LogP contribution >= 0.6 is 0 Å². The molecule has 19 heavy (non-hydrogen) atoms. The normalized spacial score (nSPS) is 20.7. The topological polar surface area (TPSA) is 28.2 Å². The molecular weight excluding hydrogens is 248 g/mol. The summed E-state index contributed by atoms with van der Waals surface area (Å²) in [5, 5.41) is 3.33. The van der Waals surface area contributed by atoms with Gasteiger partial charge in [-0.3, -0.25) is 9.88 Å². The third kappa shape index (κ3) is 3.58. The van der Waals surface area contributed by atoms with Gasteiger partial charge in [0.2, 0.25) is 0 Å². The van der Waals surface area contributed by atoms with Gasteiger partial charge in [0.05, 0.1) is 18.3 Å². The molecule has 0 aromatic carbocycles. The van der Waals surface area contributed by atoms with Gasteiger partial charge in [0.1, 0.15) is 0 Å². The average molecular weight is 267 g/mol. The number of aryl methyl sites for hydroxylation is 1. The Balaban J connectivity index is 2.08. The van der Waals surface area contributed by atoms with Crippen LogP contribution in [0.1, 0.15) is 23.0 Å². The van der Waals surface area contributed by atoms with Gasteiger partial charge in [-0.1, -0.05) is 18.7 Å². The predicted molar refractivity (Wildman–Crippen MR) is 72.3 cm³/mol. The van der Waals surface area contributed by atoms with Gasteiger partial charge in [0.25, 0.3) is 6.43 Å². The van der Waals surface area contributed by atoms with E-state index in [-0.39, 0.29) is 12.6 Å². The van der Waals surface area contributed by atoms with Crippen LogP contribution in [0.25, 0.3) is 6.08 Å². The van der Waals surface area contributed by atoms with Gasteiger partial charge in [-0.05, 0) is 18.6 Å². The van der Waals surface area contributed by atoms with Crippen molar-refractivity contribution in [1.29, 1.82) is 0 Å². The molecule has 1 aromatic heterocycles. The molecule has 1 N–H and O–H groups in total. The lowest BCUT2D eigenvalue weighted by atomic mass is 10.1. The van der Waals surface area contributed by atoms with E-state index in [1.807, 2.05) is 19.1 Å². The van der Waals surface area contributed by atoms with E-state index in [1.165, 1.54) is 0 Å². The number of piperazine rings is 1. The van der Waals surface area contributed by atoms with Crippen LogP contribution in [0.2, 0.25) is 0 Å². The van der Waals surface area contributed by atoms with E-state index in [9.17, 15) is 8.78 Å². The van der Waals surface area contributed by atoms with E-state index in [0.29, 0.717) is 19.6 Å². The molecule has 0 bridgehead atoms. The zero-order valence-corrected chi connectivity index (χ0v) is 11.1. The summed E-state index contributed by atoms with van der Waals surface area (Å²) in [4.78, 5) is 6.32. The molecule has 104 valence electrons. The van der Waals surface area contributed by atoms with Crippen molar-refractivity contribution < 1.29 is 8.78 Å². The summed E-state index contributed by atoms with van der Waals surface area (Å²) in [6.45, 7) is 7.44. The number of nitrogens with one attached hydrogen (secondary N) is 1. The van der Waals surface area contributed by atoms with Crippen molar-refractivity contribution in [2.45, 2.75) is 19.4 Å². The predicted octanol–water partition coefficient (Wildman–Crippen LogP) is 2.24. The van der Waals surface area contributed by atoms with Crippen molar-refractivity contribution >= 4 is 6.08 Å². The largest absolute Gasteiger partial charge is 0.306 e. The molecule has 1 aliphatic rings. The first-order chi connectivity index (χ1) is 9.10. The monoisotopic (exact) mass is 267 g/mol. The Hall–Kier alpha value is -1.33. The lowest BCUT2D eigenvalue weighted by molar-refractivity contribution is 0.0724. The van der Waals surface area contributed by atoms with E-state index in [0.717, 1.165) is 17.0 Å². The van der Waals surface area contributed by atoms with Crippen molar-refractivity contribution in [2.75, 3.05) is 26.2 Å². The molecule has 0 saturated carbocycles. The van der Waals surface area contributed by atoms with Gasteiger partial charge in [-0.25, -0.2) is 8.78 Å². The van der Waals surface area contributed by atoms with Crippen LogP contribution in [0, 0.1) is 6.92 Å². The van der Waals surface area contributed by atoms with E-state index < -0.39 is 6.43 Å². The molecule has 1 fully saturated rings. The molecule has 1 saturated heterocycles. The molecule has 1 unspecified atom stereocenters. The molecule has 2 heterocycles. The van der Waals surface area contributed by atoms with Gasteiger partial charge < -0.3 is 5.32 Å². The second-order valence-corrected chi connectivity index (χ2v) is 4.77. The molecule has 0 amide bonds. The van der Waals surface area contributed by atoms with Gasteiger partial charge >= 0.3 is 0 Å². The Morgan fingerprint density at radius 1 is 1.58 bits per heavy atom. The summed E-state index contributed by atoms with van der Waals surface area (Å²) in [6, 6.07) is 3.93. The Morgan fingerprint density at radius 2 is 2.37 bits per heavy atom. The summed E-state index contributed by atoms with van der Waals surface area (Å²) in [7, 11) is 0. The summed E-state index contributed by atoms with van der Waals surface area (Å²) < 4.78 is 24.8. The number of hydrogen-bond acceptors (Lipinski definition) is 3. The minimum absolute atomic E-state index is 0.0186. The fourth-order valence-electron chi connectivity index (χ4n) is 2.37. The van der Waals surface area contributed by atoms with Crippen molar-refractivity contribution in [2.24, 2.45) is 0 Å². The van der Waals surface area contributed by atoms with Crippen LogP contribution in [0.5, 0.6) is 0 Å². The van der Waals surface area contributed by atoms with Crippen LogP contribution in [0.3, 0.4) is 0 Å². The molecular formula is C14H19F2N3. The number of hydrogen-bond donors (Lipinski definition) is 1. The number of alkyl halides is 2. The third-order valence-corrected chi connectivity index (χ3v) is 3.38. The van der Waals surface area contributed by atoms with Crippen molar-refractivity contribution in [3.05, 3.63) is 35.7 Å². The molecule has 3 nitrogen and oxygen atoms in total. The Morgan fingerprint density at radius 3 is 3.00 bits per heavy atom. The lowest BCUT2D eigenvalue weighted by Gasteiger charge is -2.33. The first kappa shape index (κ1) is 14.1. The van der Waals surface area contributed by atoms with Gasteiger partial charge in [0, 0.05) is 25.3 Å². The van der Waals surface area contributed by atoms with E-state index in [1.54, 1.807) is 11.0 Å². The Kier molecular flexibility index (Phi) is 4.61. The fourth-order valence-corrected chi connectivity index (χ4v) is 2.37. The zero-order valence-electron chi connectivity index (χ0n) is 11.1. The fraction of sp³-hybridized carbons (Fsp3) is 0.500. The number of nitrogens with zero attached hydrogens (tertiary/aromatic N) is 2. The third-order valence-electron chi connectivity index (χ3n) is 3.38. The Labute approximate surface area is 112 Å². The number of halogens is 2. The SMILES string of the molecule is C=Cc1ccc(C2CN(CC(F)F)CCN2)nc1C. The van der Waals surface area contributed by atoms with Crippen LogP contribution in [-0.4, -0.2) is 42.5 Å². The van der Waals surface area contributed by atoms with Crippen LogP contribution in [-0.2, 0) is 0 Å². The van der Waals surface area contributed by atoms with Gasteiger partial charge in [-0.15, -0.1) is 0 Å². The number of pyridine rings is 1. The van der Waals surface area contributed by atoms with Crippen molar-refractivity contribution in [3.63, 3.8) is 0 Å². The van der Waals surface area contributed by atoms with Crippen molar-refractivity contribution in [1.82, 2.24) is 15.2 Å². The zero-order chi connectivity index (χ0) is 13.8. The van der Waals surface area contributed by atoms with Gasteiger partial charge in [-0.2, -0.15) is 0 Å². The highest BCUT2D eigenvalue weighted by atomic mass is 19.3. The summed E-state index contributed by atoms with van der Waals surface area (Å²) in [5.74, 6) is 0. The summed E-state index contributed by atoms with van der Waals surface area (Å²) in [5.41, 5.74) is 2.83. The minimum atomic E-state index is -2.28. The smallest absolute Gasteiger partial charge is 0.251 e. The second kappa shape index (κ2) is 6.21. The average Bonchev–Trinajstić information content (AvgIpc) is 2.38. The highest BCUT2D eigenvalue weighted by Crippen LogP contribution is 2.18. The molecule has 0 radical (unpaired) electrons.